The summed E-state index contributed by atoms with van der Waals surface area (Å²) >= 11 is 0. The monoisotopic (exact) mass is 160 g/mol. The minimum absolute atomic E-state index is 0. The van der Waals surface area contributed by atoms with Gasteiger partial charge in [0.15, 0.2) is 0 Å². The van der Waals surface area contributed by atoms with Crippen molar-refractivity contribution in [3.8, 4) is 0 Å². The first-order valence-electron chi connectivity index (χ1n) is 3.11. The average molecular weight is 160 g/mol. The van der Waals surface area contributed by atoms with Crippen molar-refractivity contribution < 1.29 is 14.4 Å². The topological polar surface area (TPSA) is 57.5 Å². The maximum absolute atomic E-state index is 10.2. The van der Waals surface area contributed by atoms with Crippen LogP contribution in [0.1, 0.15) is 26.2 Å². The van der Waals surface area contributed by atoms with Gasteiger partial charge in [-0.15, -0.1) is 0 Å². The van der Waals surface area contributed by atoms with Gasteiger partial charge in [0.25, 0.3) is 0 Å². The molecule has 0 aliphatic carbocycles. The van der Waals surface area contributed by atoms with Crippen molar-refractivity contribution in [2.45, 2.75) is 26.2 Å². The summed E-state index contributed by atoms with van der Waals surface area (Å²) in [7, 11) is -3.70. The average Bonchev–Trinajstić information content (AvgIpc) is 1.63. The molecule has 0 amide bonds. The van der Waals surface area contributed by atoms with E-state index in [1.165, 1.54) is 0 Å². The van der Waals surface area contributed by atoms with Gasteiger partial charge in [-0.25, -0.2) is 0 Å². The van der Waals surface area contributed by atoms with Gasteiger partial charge in [0.1, 0.15) is 0 Å². The molecule has 0 aliphatic rings. The van der Waals surface area contributed by atoms with Gasteiger partial charge < -0.3 is 9.79 Å². The van der Waals surface area contributed by atoms with Gasteiger partial charge in [-0.05, 0) is 6.42 Å². The fourth-order valence-electron chi connectivity index (χ4n) is 0.568. The molecule has 2 N–H and O–H groups in total. The van der Waals surface area contributed by atoms with E-state index >= 15 is 0 Å². The summed E-state index contributed by atoms with van der Waals surface area (Å²) < 4.78 is 10.2. The third-order valence-corrected chi connectivity index (χ3v) is 1.95. The molecule has 0 saturated carbocycles. The van der Waals surface area contributed by atoms with Crippen molar-refractivity contribution in [3.63, 3.8) is 0 Å². The molecule has 0 aromatic carbocycles. The minimum atomic E-state index is -3.70. The number of unbranched alkanes of at least 4 members (excludes halogenated alkanes) is 2. The molecular formula is C5H14LiO3P. The third-order valence-electron chi connectivity index (χ3n) is 1.05. The van der Waals surface area contributed by atoms with E-state index in [-0.39, 0.29) is 25.0 Å². The zero-order chi connectivity index (χ0) is 7.33. The van der Waals surface area contributed by atoms with E-state index in [4.69, 9.17) is 9.79 Å². The van der Waals surface area contributed by atoms with Crippen molar-refractivity contribution in [2.24, 2.45) is 0 Å². The quantitative estimate of drug-likeness (QED) is 0.361. The van der Waals surface area contributed by atoms with Gasteiger partial charge in [0.05, 0.1) is 0 Å². The molecule has 0 aromatic heterocycles. The van der Waals surface area contributed by atoms with E-state index < -0.39 is 7.60 Å². The van der Waals surface area contributed by atoms with Crippen molar-refractivity contribution in [3.05, 3.63) is 0 Å². The molecule has 0 radical (unpaired) electrons. The first-order chi connectivity index (χ1) is 4.06. The van der Waals surface area contributed by atoms with Crippen LogP contribution in [0, 0.1) is 0 Å². The molecule has 0 saturated heterocycles. The summed E-state index contributed by atoms with van der Waals surface area (Å²) in [5, 5.41) is 0. The normalized spacial score (nSPS) is 10.7. The maximum atomic E-state index is 10.2. The Labute approximate surface area is 73.5 Å². The van der Waals surface area contributed by atoms with Gasteiger partial charge in [0.2, 0.25) is 0 Å². The Morgan fingerprint density at radius 1 is 1.30 bits per heavy atom. The predicted octanol–water partition coefficient (Wildman–Crippen LogP) is 0.706. The van der Waals surface area contributed by atoms with Crippen LogP contribution in [0.3, 0.4) is 0 Å². The zero-order valence-electron chi connectivity index (χ0n) is 5.58. The van der Waals surface area contributed by atoms with Crippen LogP contribution in [0.5, 0.6) is 0 Å². The summed E-state index contributed by atoms with van der Waals surface area (Å²) in [4.78, 5) is 16.7. The zero-order valence-corrected chi connectivity index (χ0v) is 6.47. The molecule has 0 fully saturated rings. The molecule has 0 aliphatic heterocycles. The summed E-state index contributed by atoms with van der Waals surface area (Å²) in [5.41, 5.74) is 0. The van der Waals surface area contributed by atoms with E-state index in [9.17, 15) is 4.57 Å². The van der Waals surface area contributed by atoms with E-state index in [1.807, 2.05) is 6.92 Å². The third kappa shape index (κ3) is 11.5. The SMILES string of the molecule is CCCCCP(=O)(O)O.[LiH]. The molecule has 0 aromatic rings. The van der Waals surface area contributed by atoms with E-state index in [2.05, 4.69) is 0 Å². The molecule has 0 rings (SSSR count). The van der Waals surface area contributed by atoms with Crippen LogP contribution in [0.4, 0.5) is 0 Å². The van der Waals surface area contributed by atoms with Crippen molar-refractivity contribution in [1.29, 1.82) is 0 Å². The molecule has 0 heterocycles. The van der Waals surface area contributed by atoms with Gasteiger partial charge in [-0.3, -0.25) is 4.57 Å². The van der Waals surface area contributed by atoms with E-state index in [0.717, 1.165) is 12.8 Å². The Kier molecular flexibility index (Phi) is 8.62. The first-order valence-corrected chi connectivity index (χ1v) is 4.90. The summed E-state index contributed by atoms with van der Waals surface area (Å²) in [6.07, 6.45) is 2.59. The van der Waals surface area contributed by atoms with Gasteiger partial charge in [0, 0.05) is 6.16 Å². The van der Waals surface area contributed by atoms with Gasteiger partial charge in [-0.1, -0.05) is 19.8 Å². The van der Waals surface area contributed by atoms with Crippen LogP contribution in [0.25, 0.3) is 0 Å². The van der Waals surface area contributed by atoms with Crippen molar-refractivity contribution in [1.82, 2.24) is 0 Å². The Hall–Kier alpha value is 0.747. The molecular weight excluding hydrogens is 146 g/mol. The van der Waals surface area contributed by atoms with Crippen molar-refractivity contribution >= 4 is 26.5 Å². The van der Waals surface area contributed by atoms with E-state index in [1.54, 1.807) is 0 Å². The Balaban J connectivity index is 0. The van der Waals surface area contributed by atoms with Crippen LogP contribution >= 0.6 is 7.60 Å². The molecule has 10 heavy (non-hydrogen) atoms. The van der Waals surface area contributed by atoms with Crippen LogP contribution < -0.4 is 0 Å². The molecule has 3 nitrogen and oxygen atoms in total. The molecule has 0 unspecified atom stereocenters. The van der Waals surface area contributed by atoms with E-state index in [0.29, 0.717) is 6.42 Å². The Morgan fingerprint density at radius 2 is 1.80 bits per heavy atom. The van der Waals surface area contributed by atoms with Crippen LogP contribution in [-0.4, -0.2) is 34.8 Å². The predicted molar refractivity (Wildman–Crippen MR) is 43.6 cm³/mol. The molecule has 0 atom stereocenters. The number of hydrogen-bond donors (Lipinski definition) is 2. The first kappa shape index (κ1) is 13.3. The van der Waals surface area contributed by atoms with Gasteiger partial charge in [-0.2, -0.15) is 0 Å². The fourth-order valence-corrected chi connectivity index (χ4v) is 1.20. The van der Waals surface area contributed by atoms with Gasteiger partial charge >= 0.3 is 26.5 Å². The molecule has 58 valence electrons. The fraction of sp³-hybridized carbons (Fsp3) is 1.00. The second-order valence-electron chi connectivity index (χ2n) is 2.10. The summed E-state index contributed by atoms with van der Waals surface area (Å²) in [6.45, 7) is 2.00. The second-order valence-corrected chi connectivity index (χ2v) is 3.87. The standard InChI is InChI=1S/C5H13O3P.Li.H/c1-2-3-4-5-9(6,7)8;;/h2-5H2,1H3,(H2,6,7,8);;. The van der Waals surface area contributed by atoms with Crippen LogP contribution in [0.15, 0.2) is 0 Å². The van der Waals surface area contributed by atoms with Crippen molar-refractivity contribution in [2.75, 3.05) is 6.16 Å². The molecule has 5 heteroatoms. The summed E-state index contributed by atoms with van der Waals surface area (Å²) in [5.74, 6) is 0. The number of hydrogen-bond acceptors (Lipinski definition) is 1. The Morgan fingerprint density at radius 3 is 2.10 bits per heavy atom. The molecule has 0 bridgehead atoms. The van der Waals surface area contributed by atoms with Crippen LogP contribution in [-0.2, 0) is 4.57 Å². The van der Waals surface area contributed by atoms with Crippen LogP contribution in [0.2, 0.25) is 0 Å². The number of rotatable bonds is 4. The summed E-state index contributed by atoms with van der Waals surface area (Å²) in [6, 6.07) is 0. The second kappa shape index (κ2) is 6.46. The Bertz CT molecular complexity index is 111. The molecule has 0 spiro atoms.